The highest BCUT2D eigenvalue weighted by Crippen LogP contribution is 2.25. The average molecular weight is 422 g/mol. The molecule has 8 heteroatoms. The van der Waals surface area contributed by atoms with Crippen molar-refractivity contribution < 1.29 is 18.7 Å². The van der Waals surface area contributed by atoms with Gasteiger partial charge in [0.1, 0.15) is 16.0 Å². The third-order valence-corrected chi connectivity index (χ3v) is 6.06. The first-order chi connectivity index (χ1) is 14.4. The topological polar surface area (TPSA) is 90.9 Å². The van der Waals surface area contributed by atoms with Crippen LogP contribution in [0.4, 0.5) is 0 Å². The van der Waals surface area contributed by atoms with Crippen LogP contribution in [0.3, 0.4) is 0 Å². The van der Waals surface area contributed by atoms with Crippen LogP contribution >= 0.6 is 11.3 Å². The predicted octanol–water partition coefficient (Wildman–Crippen LogP) is 3.57. The minimum absolute atomic E-state index is 0.164. The van der Waals surface area contributed by atoms with Crippen molar-refractivity contribution in [2.75, 3.05) is 6.61 Å². The van der Waals surface area contributed by atoms with Crippen LogP contribution in [0.15, 0.2) is 56.7 Å². The highest BCUT2D eigenvalue weighted by atomic mass is 32.1. The third-order valence-electron chi connectivity index (χ3n) is 4.84. The van der Waals surface area contributed by atoms with Gasteiger partial charge < -0.3 is 13.7 Å². The summed E-state index contributed by atoms with van der Waals surface area (Å²) in [5.41, 5.74) is 0.106. The van der Waals surface area contributed by atoms with Crippen molar-refractivity contribution >= 4 is 45.0 Å². The zero-order valence-electron chi connectivity index (χ0n) is 16.6. The van der Waals surface area contributed by atoms with Crippen LogP contribution in [0.25, 0.3) is 21.7 Å². The number of hydrogen-bond acceptors (Lipinski definition) is 6. The maximum absolute atomic E-state index is 12.8. The molecule has 0 radical (unpaired) electrons. The van der Waals surface area contributed by atoms with Crippen LogP contribution in [-0.2, 0) is 11.8 Å². The molecule has 0 spiro atoms. The van der Waals surface area contributed by atoms with Crippen molar-refractivity contribution in [3.8, 4) is 0 Å². The highest BCUT2D eigenvalue weighted by molar-refractivity contribution is 7.11. The number of aromatic nitrogens is 1. The molecule has 0 atom stereocenters. The number of ether oxygens (including phenoxy) is 1. The molecule has 152 valence electrons. The molecule has 2 aromatic carbocycles. The molecular weight excluding hydrogens is 404 g/mol. The quantitative estimate of drug-likeness (QED) is 0.286. The fraction of sp³-hybridized carbons (Fsp3) is 0.182. The van der Waals surface area contributed by atoms with Crippen molar-refractivity contribution in [2.24, 2.45) is 12.0 Å². The molecule has 4 aromatic rings. The van der Waals surface area contributed by atoms with Crippen LogP contribution in [0.5, 0.6) is 0 Å². The Hall–Kier alpha value is -3.52. The summed E-state index contributed by atoms with van der Waals surface area (Å²) >= 11 is 1.04. The van der Waals surface area contributed by atoms with Crippen molar-refractivity contribution in [3.05, 3.63) is 73.8 Å². The van der Waals surface area contributed by atoms with Crippen LogP contribution < -0.4 is 10.4 Å². The van der Waals surface area contributed by atoms with Crippen molar-refractivity contribution in [1.82, 2.24) is 4.57 Å². The summed E-state index contributed by atoms with van der Waals surface area (Å²) in [6.07, 6.45) is 0. The van der Waals surface area contributed by atoms with Gasteiger partial charge in [-0.2, -0.15) is 4.99 Å². The maximum Gasteiger partial charge on any atom is 0.350 e. The molecule has 0 unspecified atom stereocenters. The van der Waals surface area contributed by atoms with E-state index >= 15 is 0 Å². The fourth-order valence-corrected chi connectivity index (χ4v) is 4.19. The molecule has 1 amide bonds. The molecule has 4 rings (SSSR count). The Morgan fingerprint density at radius 1 is 1.17 bits per heavy atom. The van der Waals surface area contributed by atoms with E-state index in [1.807, 2.05) is 30.3 Å². The molecule has 0 aliphatic carbocycles. The zero-order valence-corrected chi connectivity index (χ0v) is 17.4. The van der Waals surface area contributed by atoms with E-state index in [0.29, 0.717) is 21.5 Å². The van der Waals surface area contributed by atoms with Crippen LogP contribution in [0.1, 0.15) is 32.6 Å². The molecule has 0 aliphatic heterocycles. The monoisotopic (exact) mass is 422 g/mol. The normalized spacial score (nSPS) is 11.9. The van der Waals surface area contributed by atoms with Gasteiger partial charge in [-0.25, -0.2) is 9.59 Å². The fourth-order valence-electron chi connectivity index (χ4n) is 3.18. The van der Waals surface area contributed by atoms with Gasteiger partial charge in [-0.3, -0.25) is 4.79 Å². The minimum Gasteiger partial charge on any atom is -0.462 e. The molecule has 0 bridgehead atoms. The molecular formula is C22H18N2O5S. The van der Waals surface area contributed by atoms with Crippen molar-refractivity contribution in [1.29, 1.82) is 0 Å². The van der Waals surface area contributed by atoms with Gasteiger partial charge in [0.05, 0.1) is 6.61 Å². The van der Waals surface area contributed by atoms with Gasteiger partial charge in [-0.05, 0) is 36.8 Å². The Morgan fingerprint density at radius 3 is 2.70 bits per heavy atom. The van der Waals surface area contributed by atoms with Crippen LogP contribution in [0, 0.1) is 6.92 Å². The number of amides is 1. The number of fused-ring (bicyclic) bond motifs is 3. The second-order valence-electron chi connectivity index (χ2n) is 6.64. The predicted molar refractivity (Wildman–Crippen MR) is 114 cm³/mol. The average Bonchev–Trinajstić information content (AvgIpc) is 3.01. The number of thiazole rings is 1. The van der Waals surface area contributed by atoms with Crippen molar-refractivity contribution in [3.63, 3.8) is 0 Å². The largest absolute Gasteiger partial charge is 0.462 e. The number of carbonyl (C=O) groups is 2. The summed E-state index contributed by atoms with van der Waals surface area (Å²) < 4.78 is 12.0. The Bertz CT molecular complexity index is 1440. The van der Waals surface area contributed by atoms with Gasteiger partial charge in [0, 0.05) is 18.1 Å². The standard InChI is InChI=1S/C22H18N2O5S/c1-4-28-21(27)18-12(2)24(3)22(30-18)23-19(25)16-11-15-14-8-6-5-7-13(14)9-10-17(15)29-20(16)26/h5-11H,4H2,1-3H3. The van der Waals surface area contributed by atoms with E-state index in [2.05, 4.69) is 4.99 Å². The first-order valence-corrected chi connectivity index (χ1v) is 10.1. The van der Waals surface area contributed by atoms with E-state index in [1.165, 1.54) is 6.07 Å². The van der Waals surface area contributed by atoms with Gasteiger partial charge in [-0.1, -0.05) is 41.7 Å². The molecule has 30 heavy (non-hydrogen) atoms. The lowest BCUT2D eigenvalue weighted by Gasteiger charge is -2.03. The Morgan fingerprint density at radius 2 is 1.93 bits per heavy atom. The molecule has 2 heterocycles. The van der Waals surface area contributed by atoms with E-state index in [4.69, 9.17) is 9.15 Å². The summed E-state index contributed by atoms with van der Waals surface area (Å²) in [6.45, 7) is 3.71. The van der Waals surface area contributed by atoms with Crippen LogP contribution in [-0.4, -0.2) is 23.1 Å². The van der Waals surface area contributed by atoms with Gasteiger partial charge in [0.25, 0.3) is 5.91 Å². The van der Waals surface area contributed by atoms with Crippen LogP contribution in [0.2, 0.25) is 0 Å². The van der Waals surface area contributed by atoms with E-state index in [9.17, 15) is 14.4 Å². The lowest BCUT2D eigenvalue weighted by Crippen LogP contribution is -2.18. The number of carbonyl (C=O) groups excluding carboxylic acids is 2. The van der Waals surface area contributed by atoms with E-state index in [-0.39, 0.29) is 17.0 Å². The lowest BCUT2D eigenvalue weighted by molar-refractivity contribution is 0.0530. The molecule has 0 fully saturated rings. The number of nitrogens with zero attached hydrogens (tertiary/aromatic N) is 2. The molecule has 0 saturated heterocycles. The Balaban J connectivity index is 1.85. The highest BCUT2D eigenvalue weighted by Gasteiger charge is 2.19. The molecule has 0 saturated carbocycles. The Labute approximate surface area is 174 Å². The molecule has 0 aliphatic rings. The lowest BCUT2D eigenvalue weighted by atomic mass is 10.0. The zero-order chi connectivity index (χ0) is 21.4. The molecule has 2 aromatic heterocycles. The van der Waals surface area contributed by atoms with E-state index in [1.54, 1.807) is 31.5 Å². The second kappa shape index (κ2) is 7.72. The van der Waals surface area contributed by atoms with Crippen molar-refractivity contribution in [2.45, 2.75) is 13.8 Å². The first kappa shape index (κ1) is 19.8. The number of hydrogen-bond donors (Lipinski definition) is 0. The van der Waals surface area contributed by atoms with Gasteiger partial charge >= 0.3 is 11.6 Å². The van der Waals surface area contributed by atoms with Gasteiger partial charge in [0.2, 0.25) is 0 Å². The smallest absolute Gasteiger partial charge is 0.350 e. The summed E-state index contributed by atoms with van der Waals surface area (Å²) in [6, 6.07) is 12.7. The number of benzene rings is 2. The second-order valence-corrected chi connectivity index (χ2v) is 7.62. The Kier molecular flexibility index (Phi) is 5.09. The maximum atomic E-state index is 12.8. The van der Waals surface area contributed by atoms with E-state index < -0.39 is 17.5 Å². The third kappa shape index (κ3) is 3.35. The molecule has 7 nitrogen and oxygen atoms in total. The summed E-state index contributed by atoms with van der Waals surface area (Å²) in [5.74, 6) is -1.20. The van der Waals surface area contributed by atoms with Gasteiger partial charge in [-0.15, -0.1) is 0 Å². The summed E-state index contributed by atoms with van der Waals surface area (Å²) in [5, 5.41) is 2.49. The SMILES string of the molecule is CCOC(=O)c1sc(=NC(=O)c2cc3c(ccc4ccccc43)oc2=O)n(C)c1C. The minimum atomic E-state index is -0.756. The number of esters is 1. The molecule has 0 N–H and O–H groups in total. The summed E-state index contributed by atoms with van der Waals surface area (Å²) in [7, 11) is 1.69. The number of rotatable bonds is 3. The van der Waals surface area contributed by atoms with Gasteiger partial charge in [0.15, 0.2) is 4.80 Å². The summed E-state index contributed by atoms with van der Waals surface area (Å²) in [4.78, 5) is 42.1. The van der Waals surface area contributed by atoms with E-state index in [0.717, 1.165) is 22.1 Å². The first-order valence-electron chi connectivity index (χ1n) is 9.29.